The number of nitrogens with zero attached hydrogens (tertiary/aromatic N) is 4. The van der Waals surface area contributed by atoms with Crippen LogP contribution in [0.1, 0.15) is 18.2 Å². The SMILES string of the molecule is CCOC(=O)N1CCN(c2cc(C)nc(NCc3ccc4c(c3)OCO4)n2)CC1. The Hall–Kier alpha value is -3.23. The lowest BCUT2D eigenvalue weighted by Gasteiger charge is -2.34. The minimum absolute atomic E-state index is 0.253. The third kappa shape index (κ3) is 4.44. The molecule has 1 fully saturated rings. The van der Waals surface area contributed by atoms with Crippen molar-refractivity contribution in [3.05, 3.63) is 35.5 Å². The van der Waals surface area contributed by atoms with Gasteiger partial charge in [0.25, 0.3) is 0 Å². The van der Waals surface area contributed by atoms with Crippen LogP contribution in [0.15, 0.2) is 24.3 Å². The van der Waals surface area contributed by atoms with Gasteiger partial charge in [0.1, 0.15) is 5.82 Å². The molecule has 4 rings (SSSR count). The van der Waals surface area contributed by atoms with E-state index in [0.717, 1.165) is 28.6 Å². The van der Waals surface area contributed by atoms with Gasteiger partial charge in [-0.1, -0.05) is 6.07 Å². The molecule has 0 bridgehead atoms. The molecule has 1 aromatic heterocycles. The Labute approximate surface area is 169 Å². The summed E-state index contributed by atoms with van der Waals surface area (Å²) in [5.74, 6) is 2.96. The van der Waals surface area contributed by atoms with E-state index in [1.165, 1.54) is 0 Å². The number of nitrogens with one attached hydrogen (secondary N) is 1. The second-order valence-electron chi connectivity index (χ2n) is 6.91. The lowest BCUT2D eigenvalue weighted by atomic mass is 10.2. The van der Waals surface area contributed by atoms with Crippen molar-refractivity contribution in [3.63, 3.8) is 0 Å². The van der Waals surface area contributed by atoms with Crippen LogP contribution in [-0.2, 0) is 11.3 Å². The van der Waals surface area contributed by atoms with Gasteiger partial charge in [-0.3, -0.25) is 0 Å². The molecule has 3 heterocycles. The summed E-state index contributed by atoms with van der Waals surface area (Å²) >= 11 is 0. The van der Waals surface area contributed by atoms with E-state index >= 15 is 0 Å². The molecular formula is C20H25N5O4. The van der Waals surface area contributed by atoms with Gasteiger partial charge in [-0.15, -0.1) is 0 Å². The summed E-state index contributed by atoms with van der Waals surface area (Å²) in [4.78, 5) is 24.9. The Morgan fingerprint density at radius 3 is 2.72 bits per heavy atom. The van der Waals surface area contributed by atoms with Gasteiger partial charge in [-0.25, -0.2) is 9.78 Å². The van der Waals surface area contributed by atoms with Gasteiger partial charge in [0.05, 0.1) is 6.61 Å². The van der Waals surface area contributed by atoms with E-state index in [4.69, 9.17) is 14.2 Å². The zero-order chi connectivity index (χ0) is 20.2. The van der Waals surface area contributed by atoms with E-state index in [0.29, 0.717) is 45.3 Å². The number of rotatable bonds is 5. The smallest absolute Gasteiger partial charge is 0.409 e. The summed E-state index contributed by atoms with van der Waals surface area (Å²) in [7, 11) is 0. The fraction of sp³-hybridized carbons (Fsp3) is 0.450. The van der Waals surface area contributed by atoms with Crippen molar-refractivity contribution in [2.24, 2.45) is 0 Å². The molecule has 0 saturated carbocycles. The van der Waals surface area contributed by atoms with E-state index in [1.54, 1.807) is 4.90 Å². The Morgan fingerprint density at radius 2 is 1.93 bits per heavy atom. The number of aryl methyl sites for hydroxylation is 1. The summed E-state index contributed by atoms with van der Waals surface area (Å²) in [6, 6.07) is 7.82. The molecule has 1 amide bonds. The maximum Gasteiger partial charge on any atom is 0.409 e. The van der Waals surface area contributed by atoms with E-state index < -0.39 is 0 Å². The van der Waals surface area contributed by atoms with Gasteiger partial charge in [-0.05, 0) is 31.5 Å². The molecule has 0 radical (unpaired) electrons. The molecule has 0 aliphatic carbocycles. The van der Waals surface area contributed by atoms with Gasteiger partial charge >= 0.3 is 6.09 Å². The summed E-state index contributed by atoms with van der Waals surface area (Å²) in [6.45, 7) is 7.64. The topological polar surface area (TPSA) is 89.1 Å². The Balaban J connectivity index is 1.38. The highest BCUT2D eigenvalue weighted by molar-refractivity contribution is 5.68. The van der Waals surface area contributed by atoms with E-state index in [-0.39, 0.29) is 12.9 Å². The second-order valence-corrected chi connectivity index (χ2v) is 6.91. The van der Waals surface area contributed by atoms with Crippen molar-refractivity contribution >= 4 is 17.9 Å². The average molecular weight is 399 g/mol. The molecule has 29 heavy (non-hydrogen) atoms. The van der Waals surface area contributed by atoms with Gasteiger partial charge in [0.2, 0.25) is 12.7 Å². The highest BCUT2D eigenvalue weighted by Crippen LogP contribution is 2.32. The van der Waals surface area contributed by atoms with Crippen molar-refractivity contribution in [2.75, 3.05) is 49.8 Å². The Bertz CT molecular complexity index is 883. The molecule has 2 aliphatic heterocycles. The van der Waals surface area contributed by atoms with Crippen LogP contribution in [0.25, 0.3) is 0 Å². The number of amides is 1. The standard InChI is InChI=1S/C20H25N5O4/c1-3-27-20(26)25-8-6-24(7-9-25)18-10-14(2)22-19(23-18)21-12-15-4-5-16-17(11-15)29-13-28-16/h4-5,10-11H,3,6-9,12-13H2,1-2H3,(H,21,22,23). The predicted molar refractivity (Wildman–Crippen MR) is 107 cm³/mol. The largest absolute Gasteiger partial charge is 0.454 e. The molecular weight excluding hydrogens is 374 g/mol. The number of aromatic nitrogens is 2. The van der Waals surface area contributed by atoms with Crippen LogP contribution in [0, 0.1) is 6.92 Å². The highest BCUT2D eigenvalue weighted by Gasteiger charge is 2.23. The summed E-state index contributed by atoms with van der Waals surface area (Å²) in [6.07, 6.45) is -0.253. The van der Waals surface area contributed by atoms with Crippen LogP contribution in [0.5, 0.6) is 11.5 Å². The molecule has 1 saturated heterocycles. The van der Waals surface area contributed by atoms with E-state index in [9.17, 15) is 4.79 Å². The van der Waals surface area contributed by atoms with Crippen LogP contribution in [-0.4, -0.2) is 60.5 Å². The number of carbonyl (C=O) groups excluding carboxylic acids is 1. The number of hydrogen-bond donors (Lipinski definition) is 1. The van der Waals surface area contributed by atoms with Crippen molar-refractivity contribution in [1.29, 1.82) is 0 Å². The monoisotopic (exact) mass is 399 g/mol. The Morgan fingerprint density at radius 1 is 1.14 bits per heavy atom. The fourth-order valence-electron chi connectivity index (χ4n) is 3.36. The molecule has 9 nitrogen and oxygen atoms in total. The number of ether oxygens (including phenoxy) is 3. The highest BCUT2D eigenvalue weighted by atomic mass is 16.7. The Kier molecular flexibility index (Phi) is 5.55. The predicted octanol–water partition coefficient (Wildman–Crippen LogP) is 2.40. The quantitative estimate of drug-likeness (QED) is 0.820. The minimum Gasteiger partial charge on any atom is -0.454 e. The van der Waals surface area contributed by atoms with Crippen LogP contribution in [0.2, 0.25) is 0 Å². The molecule has 154 valence electrons. The molecule has 9 heteroatoms. The summed E-state index contributed by atoms with van der Waals surface area (Å²) < 4.78 is 15.8. The van der Waals surface area contributed by atoms with E-state index in [1.807, 2.05) is 38.1 Å². The zero-order valence-corrected chi connectivity index (χ0v) is 16.7. The van der Waals surface area contributed by atoms with Gasteiger partial charge in [0, 0.05) is 44.5 Å². The van der Waals surface area contributed by atoms with Gasteiger partial charge < -0.3 is 29.3 Å². The van der Waals surface area contributed by atoms with Crippen LogP contribution >= 0.6 is 0 Å². The number of hydrogen-bond acceptors (Lipinski definition) is 8. The van der Waals surface area contributed by atoms with Crippen molar-refractivity contribution < 1.29 is 19.0 Å². The lowest BCUT2D eigenvalue weighted by Crippen LogP contribution is -2.49. The van der Waals surface area contributed by atoms with E-state index in [2.05, 4.69) is 20.2 Å². The number of carbonyl (C=O) groups is 1. The normalized spacial score (nSPS) is 15.4. The second kappa shape index (κ2) is 8.42. The number of benzene rings is 1. The van der Waals surface area contributed by atoms with Gasteiger partial charge in [-0.2, -0.15) is 4.98 Å². The van der Waals surface area contributed by atoms with Crippen molar-refractivity contribution in [1.82, 2.24) is 14.9 Å². The molecule has 0 unspecified atom stereocenters. The summed E-state index contributed by atoms with van der Waals surface area (Å²) in [5.41, 5.74) is 1.94. The van der Waals surface area contributed by atoms with Crippen LogP contribution < -0.4 is 19.7 Å². The minimum atomic E-state index is -0.253. The first-order chi connectivity index (χ1) is 14.1. The first kappa shape index (κ1) is 19.1. The first-order valence-electron chi connectivity index (χ1n) is 9.77. The molecule has 2 aliphatic rings. The maximum absolute atomic E-state index is 11.9. The third-order valence-corrected chi connectivity index (χ3v) is 4.86. The van der Waals surface area contributed by atoms with Gasteiger partial charge in [0.15, 0.2) is 11.5 Å². The molecule has 1 N–H and O–H groups in total. The fourth-order valence-corrected chi connectivity index (χ4v) is 3.36. The van der Waals surface area contributed by atoms with Crippen LogP contribution in [0.3, 0.4) is 0 Å². The average Bonchev–Trinajstić information content (AvgIpc) is 3.20. The number of piperazine rings is 1. The molecule has 2 aromatic rings. The van der Waals surface area contributed by atoms with Crippen LogP contribution in [0.4, 0.5) is 16.6 Å². The molecule has 0 spiro atoms. The zero-order valence-electron chi connectivity index (χ0n) is 16.7. The number of fused-ring (bicyclic) bond motifs is 1. The number of anilines is 2. The van der Waals surface area contributed by atoms with Crippen molar-refractivity contribution in [3.8, 4) is 11.5 Å². The third-order valence-electron chi connectivity index (χ3n) is 4.86. The molecule has 0 atom stereocenters. The lowest BCUT2D eigenvalue weighted by molar-refractivity contribution is 0.105. The summed E-state index contributed by atoms with van der Waals surface area (Å²) in [5, 5.41) is 3.29. The van der Waals surface area contributed by atoms with Crippen molar-refractivity contribution in [2.45, 2.75) is 20.4 Å². The first-order valence-corrected chi connectivity index (χ1v) is 9.77. The molecule has 1 aromatic carbocycles. The maximum atomic E-state index is 11.9.